The zero-order chi connectivity index (χ0) is 14.2. The van der Waals surface area contributed by atoms with Crippen molar-refractivity contribution in [3.05, 3.63) is 40.9 Å². The molecule has 106 valence electrons. The number of rotatable bonds is 9. The molecule has 0 unspecified atom stereocenters. The van der Waals surface area contributed by atoms with Gasteiger partial charge in [0.2, 0.25) is 6.41 Å². The lowest BCUT2D eigenvalue weighted by Crippen LogP contribution is -2.14. The number of aromatic nitrogens is 1. The largest absolute Gasteiger partial charge is 0.364 e. The number of nitrogens with zero attached hydrogens (tertiary/aromatic N) is 2. The summed E-state index contributed by atoms with van der Waals surface area (Å²) in [5, 5.41) is 6.25. The molecule has 0 saturated heterocycles. The minimum Gasteiger partial charge on any atom is -0.364 e. The van der Waals surface area contributed by atoms with E-state index in [9.17, 15) is 9.70 Å². The third-order valence-corrected chi connectivity index (χ3v) is 3.18. The minimum absolute atomic E-state index is 0.317. The smallest absolute Gasteiger partial charge is 0.207 e. The normalized spacial score (nSPS) is 10.4. The Morgan fingerprint density at radius 2 is 2.20 bits per heavy atom. The molecule has 0 radical (unpaired) electrons. The molecule has 0 aliphatic rings. The monoisotopic (exact) mass is 275 g/mol. The summed E-state index contributed by atoms with van der Waals surface area (Å²) in [5.41, 5.74) is 2.34. The first-order valence-electron chi connectivity index (χ1n) is 6.55. The molecule has 0 atom stereocenters. The summed E-state index contributed by atoms with van der Waals surface area (Å²) in [7, 11) is 0. The Morgan fingerprint density at radius 1 is 1.35 bits per heavy atom. The van der Waals surface area contributed by atoms with Crippen LogP contribution in [0.5, 0.6) is 0 Å². The van der Waals surface area contributed by atoms with Crippen molar-refractivity contribution in [2.24, 2.45) is 5.34 Å². The molecule has 1 aromatic heterocycles. The highest BCUT2D eigenvalue weighted by atomic mass is 16.7. The third kappa shape index (κ3) is 3.34. The molecule has 6 heteroatoms. The molecule has 6 nitrogen and oxygen atoms in total. The summed E-state index contributed by atoms with van der Waals surface area (Å²) in [5.74, 6) is 0. The van der Waals surface area contributed by atoms with Crippen LogP contribution in [0.3, 0.4) is 0 Å². The molecule has 0 saturated carbocycles. The number of hydrogen-bond donors (Lipinski definition) is 1. The number of benzene rings is 1. The number of carbonyl (C=O) groups excluding carboxylic acids is 1. The van der Waals surface area contributed by atoms with Gasteiger partial charge in [0.25, 0.3) is 0 Å². The Balaban J connectivity index is 2.12. The first kappa shape index (κ1) is 14.0. The van der Waals surface area contributed by atoms with Crippen LogP contribution in [0, 0.1) is 4.91 Å². The highest BCUT2D eigenvalue weighted by Crippen LogP contribution is 2.22. The zero-order valence-electron chi connectivity index (χ0n) is 11.1. The van der Waals surface area contributed by atoms with Gasteiger partial charge in [0.1, 0.15) is 6.61 Å². The Labute approximate surface area is 116 Å². The van der Waals surface area contributed by atoms with Gasteiger partial charge in [-0.25, -0.2) is 0 Å². The maximum atomic E-state index is 10.3. The number of fused-ring (bicyclic) bond motifs is 1. The van der Waals surface area contributed by atoms with E-state index in [4.69, 9.17) is 0 Å². The van der Waals surface area contributed by atoms with Crippen LogP contribution in [0.25, 0.3) is 10.9 Å². The van der Waals surface area contributed by atoms with Gasteiger partial charge in [-0.3, -0.25) is 4.79 Å². The van der Waals surface area contributed by atoms with Crippen molar-refractivity contribution in [3.8, 4) is 0 Å². The summed E-state index contributed by atoms with van der Waals surface area (Å²) >= 11 is 0. The van der Waals surface area contributed by atoms with Gasteiger partial charge in [0.05, 0.1) is 0 Å². The summed E-state index contributed by atoms with van der Waals surface area (Å²) in [6.07, 6.45) is 4.31. The van der Waals surface area contributed by atoms with Crippen LogP contribution < -0.4 is 5.32 Å². The number of amides is 1. The molecule has 20 heavy (non-hydrogen) atoms. The van der Waals surface area contributed by atoms with Crippen molar-refractivity contribution in [1.82, 2.24) is 9.88 Å². The van der Waals surface area contributed by atoms with E-state index in [0.717, 1.165) is 24.9 Å². The van der Waals surface area contributed by atoms with Crippen molar-refractivity contribution >= 4 is 17.3 Å². The van der Waals surface area contributed by atoms with Gasteiger partial charge in [-0.15, -0.1) is 4.91 Å². The molecule has 0 bridgehead atoms. The van der Waals surface area contributed by atoms with Gasteiger partial charge in [0.15, 0.2) is 5.34 Å². The first-order valence-corrected chi connectivity index (χ1v) is 6.55. The van der Waals surface area contributed by atoms with Crippen LogP contribution in [-0.2, 0) is 22.6 Å². The molecule has 1 amide bonds. The highest BCUT2D eigenvalue weighted by molar-refractivity contribution is 5.84. The van der Waals surface area contributed by atoms with E-state index in [-0.39, 0.29) is 0 Å². The van der Waals surface area contributed by atoms with Gasteiger partial charge in [-0.1, -0.05) is 18.2 Å². The fourth-order valence-corrected chi connectivity index (χ4v) is 2.31. The van der Waals surface area contributed by atoms with Gasteiger partial charge in [-0.05, 0) is 18.1 Å². The lowest BCUT2D eigenvalue weighted by atomic mass is 10.1. The topological polar surface area (TPSA) is 72.7 Å². The molecular formula is C14H17N3O3. The Bertz CT molecular complexity index is 580. The van der Waals surface area contributed by atoms with Crippen LogP contribution in [0.15, 0.2) is 35.8 Å². The predicted molar refractivity (Wildman–Crippen MR) is 76.1 cm³/mol. The molecule has 0 spiro atoms. The lowest BCUT2D eigenvalue weighted by molar-refractivity contribution is -0.109. The minimum atomic E-state index is 0.317. The standard InChI is InChI=1S/C14H17N3O3/c18-11-15-7-6-12-10-17(8-3-9-20-16-19)14-5-2-1-4-13(12)14/h1-2,4-5,10-11H,3,6-9H2,(H,15,18). The average molecular weight is 275 g/mol. The van der Waals surface area contributed by atoms with Gasteiger partial charge >= 0.3 is 0 Å². The predicted octanol–water partition coefficient (Wildman–Crippen LogP) is 2.02. The average Bonchev–Trinajstić information content (AvgIpc) is 2.83. The van der Waals surface area contributed by atoms with Crippen LogP contribution in [0.2, 0.25) is 0 Å². The van der Waals surface area contributed by atoms with Crippen molar-refractivity contribution in [2.45, 2.75) is 19.4 Å². The molecule has 2 rings (SSSR count). The highest BCUT2D eigenvalue weighted by Gasteiger charge is 2.07. The fourth-order valence-electron chi connectivity index (χ4n) is 2.31. The molecule has 1 aromatic carbocycles. The molecule has 0 aliphatic heterocycles. The Kier molecular flexibility index (Phi) is 5.11. The molecular weight excluding hydrogens is 258 g/mol. The van der Waals surface area contributed by atoms with Crippen molar-refractivity contribution < 1.29 is 9.63 Å². The maximum Gasteiger partial charge on any atom is 0.207 e. The number of nitrogens with one attached hydrogen (secondary N) is 1. The van der Waals surface area contributed by atoms with Crippen molar-refractivity contribution in [2.75, 3.05) is 13.2 Å². The molecule has 0 aliphatic carbocycles. The van der Waals surface area contributed by atoms with Gasteiger partial charge < -0.3 is 14.7 Å². The van der Waals surface area contributed by atoms with Crippen LogP contribution in [-0.4, -0.2) is 24.1 Å². The van der Waals surface area contributed by atoms with Gasteiger partial charge in [-0.2, -0.15) is 0 Å². The fraction of sp³-hybridized carbons (Fsp3) is 0.357. The van der Waals surface area contributed by atoms with E-state index in [2.05, 4.69) is 38.4 Å². The third-order valence-electron chi connectivity index (χ3n) is 3.18. The maximum absolute atomic E-state index is 10.3. The second-order valence-corrected chi connectivity index (χ2v) is 4.45. The molecule has 1 heterocycles. The number of carbonyl (C=O) groups is 1. The van der Waals surface area contributed by atoms with Crippen molar-refractivity contribution in [3.63, 3.8) is 0 Å². The van der Waals surface area contributed by atoms with Crippen LogP contribution >= 0.6 is 0 Å². The number of para-hydroxylation sites is 1. The second kappa shape index (κ2) is 7.28. The second-order valence-electron chi connectivity index (χ2n) is 4.45. The summed E-state index contributed by atoms with van der Waals surface area (Å²) in [4.78, 5) is 24.6. The van der Waals surface area contributed by atoms with E-state index in [0.29, 0.717) is 19.6 Å². The van der Waals surface area contributed by atoms with Crippen molar-refractivity contribution in [1.29, 1.82) is 0 Å². The van der Waals surface area contributed by atoms with E-state index in [1.807, 2.05) is 12.1 Å². The summed E-state index contributed by atoms with van der Waals surface area (Å²) in [6.45, 7) is 1.70. The Hall–Kier alpha value is -2.37. The van der Waals surface area contributed by atoms with E-state index >= 15 is 0 Å². The Morgan fingerprint density at radius 3 is 3.00 bits per heavy atom. The molecule has 0 fully saturated rings. The first-order chi connectivity index (χ1) is 9.86. The number of hydrogen-bond acceptors (Lipinski definition) is 4. The van der Waals surface area contributed by atoms with Crippen LogP contribution in [0.4, 0.5) is 0 Å². The molecule has 1 N–H and O–H groups in total. The quantitative estimate of drug-likeness (QED) is 0.329. The van der Waals surface area contributed by atoms with Gasteiger partial charge in [0, 0.05) is 36.6 Å². The van der Waals surface area contributed by atoms with E-state index in [1.165, 1.54) is 10.9 Å². The molecule has 2 aromatic rings. The summed E-state index contributed by atoms with van der Waals surface area (Å²) in [6, 6.07) is 8.13. The lowest BCUT2D eigenvalue weighted by Gasteiger charge is -2.03. The van der Waals surface area contributed by atoms with E-state index in [1.54, 1.807) is 0 Å². The number of aryl methyl sites for hydroxylation is 1. The van der Waals surface area contributed by atoms with E-state index < -0.39 is 0 Å². The summed E-state index contributed by atoms with van der Waals surface area (Å²) < 4.78 is 2.14. The van der Waals surface area contributed by atoms with Crippen LogP contribution in [0.1, 0.15) is 12.0 Å². The zero-order valence-corrected chi connectivity index (χ0v) is 11.1. The SMILES string of the molecule is O=CNCCc1cn(CCCON=O)c2ccccc12.